The summed E-state index contributed by atoms with van der Waals surface area (Å²) in [6.07, 6.45) is 3.03. The van der Waals surface area contributed by atoms with Gasteiger partial charge >= 0.3 is 5.97 Å². The topological polar surface area (TPSA) is 37.7 Å². The molecular formula is C24H29ClFN3O2. The maximum absolute atomic E-state index is 13.1. The van der Waals surface area contributed by atoms with E-state index in [0.29, 0.717) is 6.61 Å². The second-order valence-corrected chi connectivity index (χ2v) is 7.66. The lowest BCUT2D eigenvalue weighted by atomic mass is 10.1. The first-order valence-corrected chi connectivity index (χ1v) is 10.6. The number of nitrogens with zero attached hydrogens (tertiary/aromatic N) is 3. The number of fused-ring (bicyclic) bond motifs is 1. The molecule has 1 aromatic heterocycles. The summed E-state index contributed by atoms with van der Waals surface area (Å²) >= 11 is 0. The second kappa shape index (κ2) is 10.6. The van der Waals surface area contributed by atoms with Gasteiger partial charge in [0.15, 0.2) is 0 Å². The van der Waals surface area contributed by atoms with Gasteiger partial charge in [-0.3, -0.25) is 9.69 Å². The van der Waals surface area contributed by atoms with Gasteiger partial charge < -0.3 is 14.2 Å². The van der Waals surface area contributed by atoms with Gasteiger partial charge in [0, 0.05) is 55.5 Å². The number of hydrogen-bond acceptors (Lipinski definition) is 4. The van der Waals surface area contributed by atoms with Crippen LogP contribution < -0.4 is 4.90 Å². The van der Waals surface area contributed by atoms with Gasteiger partial charge in [-0.1, -0.05) is 18.2 Å². The van der Waals surface area contributed by atoms with Crippen LogP contribution >= 0.6 is 12.4 Å². The van der Waals surface area contributed by atoms with Crippen LogP contribution in [-0.4, -0.2) is 54.8 Å². The number of hydrogen-bond donors (Lipinski definition) is 0. The van der Waals surface area contributed by atoms with Gasteiger partial charge in [-0.15, -0.1) is 12.4 Å². The molecule has 0 saturated carbocycles. The first-order valence-electron chi connectivity index (χ1n) is 10.6. The molecule has 0 aliphatic carbocycles. The zero-order valence-corrected chi connectivity index (χ0v) is 18.6. The monoisotopic (exact) mass is 445 g/mol. The van der Waals surface area contributed by atoms with Gasteiger partial charge in [-0.25, -0.2) is 4.39 Å². The molecule has 1 saturated heterocycles. The Hall–Kier alpha value is -2.57. The smallest absolute Gasteiger partial charge is 0.325 e. The minimum Gasteiger partial charge on any atom is -0.465 e. The van der Waals surface area contributed by atoms with Gasteiger partial charge in [-0.2, -0.15) is 0 Å². The van der Waals surface area contributed by atoms with Crippen molar-refractivity contribution in [2.45, 2.75) is 19.9 Å². The Morgan fingerprint density at radius 2 is 1.74 bits per heavy atom. The number of carbonyl (C=O) groups is 1. The van der Waals surface area contributed by atoms with Crippen LogP contribution in [0.1, 0.15) is 12.5 Å². The second-order valence-electron chi connectivity index (χ2n) is 7.66. The quantitative estimate of drug-likeness (QED) is 0.512. The Balaban J connectivity index is 0.00000272. The molecule has 7 heteroatoms. The summed E-state index contributed by atoms with van der Waals surface area (Å²) in [5.74, 6) is -0.402. The molecule has 0 unspecified atom stereocenters. The van der Waals surface area contributed by atoms with Gasteiger partial charge in [0.25, 0.3) is 0 Å². The summed E-state index contributed by atoms with van der Waals surface area (Å²) in [5.41, 5.74) is 3.41. The van der Waals surface area contributed by atoms with Gasteiger partial charge in [0.05, 0.1) is 6.61 Å². The fourth-order valence-corrected chi connectivity index (χ4v) is 4.16. The van der Waals surface area contributed by atoms with Crippen LogP contribution in [0.15, 0.2) is 54.7 Å². The summed E-state index contributed by atoms with van der Waals surface area (Å²) in [5, 5.41) is 1.20. The Bertz CT molecular complexity index is 998. The van der Waals surface area contributed by atoms with Crippen molar-refractivity contribution in [3.63, 3.8) is 0 Å². The maximum Gasteiger partial charge on any atom is 0.325 e. The lowest BCUT2D eigenvalue weighted by Gasteiger charge is -2.36. The third kappa shape index (κ3) is 5.57. The number of anilines is 1. The van der Waals surface area contributed by atoms with Crippen LogP contribution in [0.5, 0.6) is 0 Å². The third-order valence-electron chi connectivity index (χ3n) is 5.74. The van der Waals surface area contributed by atoms with Crippen molar-refractivity contribution in [1.29, 1.82) is 0 Å². The Morgan fingerprint density at radius 3 is 2.45 bits per heavy atom. The number of para-hydroxylation sites is 1. The van der Waals surface area contributed by atoms with E-state index in [0.717, 1.165) is 50.3 Å². The fraction of sp³-hybridized carbons (Fsp3) is 0.375. The van der Waals surface area contributed by atoms with E-state index in [-0.39, 0.29) is 30.7 Å². The Kier molecular flexibility index (Phi) is 7.93. The van der Waals surface area contributed by atoms with Crippen molar-refractivity contribution < 1.29 is 13.9 Å². The molecule has 0 amide bonds. The van der Waals surface area contributed by atoms with Crippen molar-refractivity contribution in [3.05, 3.63) is 66.1 Å². The zero-order chi connectivity index (χ0) is 20.9. The molecular weight excluding hydrogens is 417 g/mol. The molecule has 2 heterocycles. The van der Waals surface area contributed by atoms with Crippen LogP contribution in [0.3, 0.4) is 0 Å². The number of benzene rings is 2. The van der Waals surface area contributed by atoms with E-state index in [4.69, 9.17) is 4.74 Å². The first-order chi connectivity index (χ1) is 14.6. The lowest BCUT2D eigenvalue weighted by Crippen LogP contribution is -2.47. The minimum atomic E-state index is -0.207. The standard InChI is InChI=1S/C24H28FN3O2.ClH/c1-2-30-24(29)18-28-17-19(22-5-3-4-6-23(22)28)11-12-26-13-15-27(16-14-26)21-9-7-20(25)8-10-21;/h3-10,17H,2,11-16,18H2,1H3;1H. The van der Waals surface area contributed by atoms with E-state index in [1.807, 2.05) is 35.8 Å². The van der Waals surface area contributed by atoms with E-state index < -0.39 is 0 Å². The van der Waals surface area contributed by atoms with E-state index >= 15 is 0 Å². The molecule has 0 atom stereocenters. The van der Waals surface area contributed by atoms with Crippen LogP contribution in [0.2, 0.25) is 0 Å². The van der Waals surface area contributed by atoms with E-state index in [1.54, 1.807) is 0 Å². The largest absolute Gasteiger partial charge is 0.465 e. The van der Waals surface area contributed by atoms with Gasteiger partial charge in [0.2, 0.25) is 0 Å². The average Bonchev–Trinajstić information content (AvgIpc) is 3.11. The number of aromatic nitrogens is 1. The number of ether oxygens (including phenoxy) is 1. The fourth-order valence-electron chi connectivity index (χ4n) is 4.16. The number of carbonyl (C=O) groups excluding carboxylic acids is 1. The molecule has 1 fully saturated rings. The molecule has 0 N–H and O–H groups in total. The predicted molar refractivity (Wildman–Crippen MR) is 125 cm³/mol. The summed E-state index contributed by atoms with van der Waals surface area (Å²) in [6, 6.07) is 15.0. The number of esters is 1. The van der Waals surface area contributed by atoms with Gasteiger partial charge in [0.1, 0.15) is 12.4 Å². The average molecular weight is 446 g/mol. The van der Waals surface area contributed by atoms with Gasteiger partial charge in [-0.05, 0) is 49.2 Å². The molecule has 0 radical (unpaired) electrons. The van der Waals surface area contributed by atoms with Crippen LogP contribution in [0.4, 0.5) is 10.1 Å². The molecule has 4 rings (SSSR count). The molecule has 0 bridgehead atoms. The SMILES string of the molecule is CCOC(=O)Cn1cc(CCN2CCN(c3ccc(F)cc3)CC2)c2ccccc21.Cl. The highest BCUT2D eigenvalue weighted by Gasteiger charge is 2.18. The summed E-state index contributed by atoms with van der Waals surface area (Å²) < 4.78 is 20.3. The Morgan fingerprint density at radius 1 is 1.03 bits per heavy atom. The molecule has 1 aliphatic rings. The van der Waals surface area contributed by atoms with E-state index in [2.05, 4.69) is 28.1 Å². The van der Waals surface area contributed by atoms with E-state index in [9.17, 15) is 9.18 Å². The lowest BCUT2D eigenvalue weighted by molar-refractivity contribution is -0.143. The van der Waals surface area contributed by atoms with Crippen molar-refractivity contribution in [2.75, 3.05) is 44.2 Å². The third-order valence-corrected chi connectivity index (χ3v) is 5.74. The number of piperazine rings is 1. The Labute approximate surface area is 188 Å². The van der Waals surface area contributed by atoms with Crippen LogP contribution in [0.25, 0.3) is 10.9 Å². The molecule has 31 heavy (non-hydrogen) atoms. The van der Waals surface area contributed by atoms with E-state index in [1.165, 1.54) is 23.1 Å². The van der Waals surface area contributed by atoms with Crippen LogP contribution in [-0.2, 0) is 22.5 Å². The molecule has 5 nitrogen and oxygen atoms in total. The summed E-state index contributed by atoms with van der Waals surface area (Å²) in [4.78, 5) is 16.7. The predicted octanol–water partition coefficient (Wildman–Crippen LogP) is 4.13. The van der Waals surface area contributed by atoms with Crippen LogP contribution in [0, 0.1) is 5.82 Å². The molecule has 0 spiro atoms. The highest BCUT2D eigenvalue weighted by Crippen LogP contribution is 2.23. The number of halogens is 2. The van der Waals surface area contributed by atoms with Crippen molar-refractivity contribution in [3.8, 4) is 0 Å². The normalized spacial score (nSPS) is 14.5. The summed E-state index contributed by atoms with van der Waals surface area (Å²) in [6.45, 7) is 7.29. The first kappa shape index (κ1) is 23.1. The summed E-state index contributed by atoms with van der Waals surface area (Å²) in [7, 11) is 0. The van der Waals surface area contributed by atoms with Crippen molar-refractivity contribution in [1.82, 2.24) is 9.47 Å². The zero-order valence-electron chi connectivity index (χ0n) is 17.8. The highest BCUT2D eigenvalue weighted by atomic mass is 35.5. The minimum absolute atomic E-state index is 0. The van der Waals surface area contributed by atoms with Crippen molar-refractivity contribution in [2.24, 2.45) is 0 Å². The maximum atomic E-state index is 13.1. The highest BCUT2D eigenvalue weighted by molar-refractivity contribution is 5.86. The molecule has 166 valence electrons. The molecule has 1 aliphatic heterocycles. The molecule has 3 aromatic rings. The molecule has 2 aromatic carbocycles. The number of rotatable bonds is 7. The van der Waals surface area contributed by atoms with Crippen molar-refractivity contribution >= 4 is 35.0 Å².